The van der Waals surface area contributed by atoms with Crippen LogP contribution in [0, 0.1) is 12.8 Å². The first-order valence-corrected chi connectivity index (χ1v) is 8.77. The lowest BCUT2D eigenvalue weighted by molar-refractivity contribution is 0.0953. The maximum Gasteiger partial charge on any atom is 0.252 e. The number of rotatable bonds is 5. The molecule has 0 aliphatic rings. The zero-order valence-corrected chi connectivity index (χ0v) is 15.3. The van der Waals surface area contributed by atoms with Crippen molar-refractivity contribution in [1.82, 2.24) is 14.9 Å². The second-order valence-electron chi connectivity index (χ2n) is 7.02. The molecule has 0 spiro atoms. The van der Waals surface area contributed by atoms with Crippen LogP contribution >= 0.6 is 0 Å². The highest BCUT2D eigenvalue weighted by Crippen LogP contribution is 2.26. The van der Waals surface area contributed by atoms with E-state index in [1.165, 1.54) is 0 Å². The summed E-state index contributed by atoms with van der Waals surface area (Å²) in [6.45, 7) is 7.03. The van der Waals surface area contributed by atoms with E-state index in [1.807, 2.05) is 61.1 Å². The van der Waals surface area contributed by atoms with Crippen molar-refractivity contribution in [1.29, 1.82) is 0 Å². The molecule has 0 saturated carbocycles. The smallest absolute Gasteiger partial charge is 0.252 e. The summed E-state index contributed by atoms with van der Waals surface area (Å²) in [5.74, 6) is 0.532. The number of carbonyl (C=O) groups excluding carboxylic acids is 1. The second-order valence-corrected chi connectivity index (χ2v) is 7.02. The molecule has 2 aromatic heterocycles. The van der Waals surface area contributed by atoms with E-state index in [9.17, 15) is 4.79 Å². The first kappa shape index (κ1) is 17.2. The fraction of sp³-hybridized carbons (Fsp3) is 0.333. The molecular formula is C21H25N3O. The van der Waals surface area contributed by atoms with Crippen LogP contribution in [0.3, 0.4) is 0 Å². The van der Waals surface area contributed by atoms with Gasteiger partial charge in [-0.3, -0.25) is 4.79 Å². The van der Waals surface area contributed by atoms with Crippen molar-refractivity contribution in [2.45, 2.75) is 27.2 Å². The molecule has 3 aromatic rings. The van der Waals surface area contributed by atoms with E-state index in [4.69, 9.17) is 4.98 Å². The highest BCUT2D eigenvalue weighted by atomic mass is 16.1. The second kappa shape index (κ2) is 7.09. The molecule has 0 aliphatic heterocycles. The highest BCUT2D eigenvalue weighted by Gasteiger charge is 2.15. The standard InChI is InChI=1S/C21H25N3O/c1-14(2)9-10-22-21(25)17-13-19(20-6-5-11-24(20)4)23-18-8-7-15(3)12-16(17)18/h5-8,11-14H,9-10H2,1-4H3,(H,22,25). The Kier molecular flexibility index (Phi) is 4.88. The Bertz CT molecular complexity index is 909. The summed E-state index contributed by atoms with van der Waals surface area (Å²) in [6.07, 6.45) is 2.96. The quantitative estimate of drug-likeness (QED) is 0.754. The van der Waals surface area contributed by atoms with Crippen LogP contribution in [-0.2, 0) is 7.05 Å². The predicted molar refractivity (Wildman–Crippen MR) is 103 cm³/mol. The predicted octanol–water partition coefficient (Wildman–Crippen LogP) is 4.32. The number of aromatic nitrogens is 2. The molecule has 3 rings (SSSR count). The van der Waals surface area contributed by atoms with Gasteiger partial charge in [-0.1, -0.05) is 25.5 Å². The Balaban J connectivity index is 2.06. The number of hydrogen-bond acceptors (Lipinski definition) is 2. The third kappa shape index (κ3) is 3.73. The van der Waals surface area contributed by atoms with E-state index < -0.39 is 0 Å². The molecule has 0 radical (unpaired) electrons. The maximum atomic E-state index is 12.8. The van der Waals surface area contributed by atoms with Crippen LogP contribution in [0.1, 0.15) is 36.2 Å². The number of benzene rings is 1. The topological polar surface area (TPSA) is 46.9 Å². The summed E-state index contributed by atoms with van der Waals surface area (Å²) in [7, 11) is 1.98. The Labute approximate surface area is 148 Å². The van der Waals surface area contributed by atoms with Crippen LogP contribution in [0.15, 0.2) is 42.6 Å². The van der Waals surface area contributed by atoms with Crippen LogP contribution in [0.2, 0.25) is 0 Å². The Morgan fingerprint density at radius 1 is 1.24 bits per heavy atom. The van der Waals surface area contributed by atoms with Gasteiger partial charge in [0.25, 0.3) is 5.91 Å². The molecule has 0 aliphatic carbocycles. The molecule has 0 saturated heterocycles. The average Bonchev–Trinajstić information content (AvgIpc) is 2.99. The van der Waals surface area contributed by atoms with E-state index in [0.29, 0.717) is 18.0 Å². The van der Waals surface area contributed by atoms with Gasteiger partial charge in [0.1, 0.15) is 0 Å². The molecular weight excluding hydrogens is 310 g/mol. The zero-order valence-electron chi connectivity index (χ0n) is 15.3. The normalized spacial score (nSPS) is 11.2. The van der Waals surface area contributed by atoms with Crippen LogP contribution in [-0.4, -0.2) is 22.0 Å². The van der Waals surface area contributed by atoms with Crippen molar-refractivity contribution < 1.29 is 4.79 Å². The minimum absolute atomic E-state index is 0.0332. The van der Waals surface area contributed by atoms with Gasteiger partial charge in [0.15, 0.2) is 0 Å². The fourth-order valence-electron chi connectivity index (χ4n) is 2.96. The van der Waals surface area contributed by atoms with E-state index in [2.05, 4.69) is 19.2 Å². The number of fused-ring (bicyclic) bond motifs is 1. The number of nitrogens with one attached hydrogen (secondary N) is 1. The summed E-state index contributed by atoms with van der Waals surface area (Å²) in [5.41, 5.74) is 4.47. The van der Waals surface area contributed by atoms with Crippen LogP contribution < -0.4 is 5.32 Å². The van der Waals surface area contributed by atoms with E-state index in [1.54, 1.807) is 0 Å². The molecule has 0 fully saturated rings. The minimum atomic E-state index is -0.0332. The number of nitrogens with zero attached hydrogens (tertiary/aromatic N) is 2. The Morgan fingerprint density at radius 2 is 2.04 bits per heavy atom. The molecule has 0 atom stereocenters. The van der Waals surface area contributed by atoms with E-state index in [0.717, 1.165) is 34.3 Å². The van der Waals surface area contributed by atoms with Gasteiger partial charge in [-0.25, -0.2) is 4.98 Å². The molecule has 4 nitrogen and oxygen atoms in total. The number of aryl methyl sites for hydroxylation is 2. The molecule has 4 heteroatoms. The largest absolute Gasteiger partial charge is 0.352 e. The molecule has 25 heavy (non-hydrogen) atoms. The van der Waals surface area contributed by atoms with Gasteiger partial charge in [-0.05, 0) is 49.6 Å². The highest BCUT2D eigenvalue weighted by molar-refractivity contribution is 6.07. The summed E-state index contributed by atoms with van der Waals surface area (Å²) >= 11 is 0. The summed E-state index contributed by atoms with van der Waals surface area (Å²) in [6, 6.07) is 12.0. The number of amides is 1. The van der Waals surface area contributed by atoms with Gasteiger partial charge in [-0.2, -0.15) is 0 Å². The van der Waals surface area contributed by atoms with Crippen molar-refractivity contribution in [3.05, 3.63) is 53.7 Å². The molecule has 0 bridgehead atoms. The summed E-state index contributed by atoms with van der Waals surface area (Å²) in [5, 5.41) is 3.96. The maximum absolute atomic E-state index is 12.8. The summed E-state index contributed by atoms with van der Waals surface area (Å²) < 4.78 is 2.02. The van der Waals surface area contributed by atoms with Crippen molar-refractivity contribution in [3.8, 4) is 11.4 Å². The van der Waals surface area contributed by atoms with Gasteiger partial charge < -0.3 is 9.88 Å². The van der Waals surface area contributed by atoms with Gasteiger partial charge in [-0.15, -0.1) is 0 Å². The molecule has 1 aromatic carbocycles. The lowest BCUT2D eigenvalue weighted by atomic mass is 10.0. The lowest BCUT2D eigenvalue weighted by Gasteiger charge is -2.12. The number of hydrogen-bond donors (Lipinski definition) is 1. The van der Waals surface area contributed by atoms with Gasteiger partial charge in [0.05, 0.1) is 22.5 Å². The van der Waals surface area contributed by atoms with Crippen molar-refractivity contribution in [2.75, 3.05) is 6.54 Å². The van der Waals surface area contributed by atoms with E-state index in [-0.39, 0.29) is 5.91 Å². The van der Waals surface area contributed by atoms with Gasteiger partial charge >= 0.3 is 0 Å². The average molecular weight is 335 g/mol. The monoisotopic (exact) mass is 335 g/mol. The summed E-state index contributed by atoms with van der Waals surface area (Å²) in [4.78, 5) is 17.6. The van der Waals surface area contributed by atoms with Crippen LogP contribution in [0.5, 0.6) is 0 Å². The van der Waals surface area contributed by atoms with E-state index >= 15 is 0 Å². The van der Waals surface area contributed by atoms with Crippen molar-refractivity contribution in [2.24, 2.45) is 13.0 Å². The Hall–Kier alpha value is -2.62. The minimum Gasteiger partial charge on any atom is -0.352 e. The zero-order chi connectivity index (χ0) is 18.0. The lowest BCUT2D eigenvalue weighted by Crippen LogP contribution is -2.25. The van der Waals surface area contributed by atoms with Crippen molar-refractivity contribution in [3.63, 3.8) is 0 Å². The molecule has 130 valence electrons. The number of pyridine rings is 1. The molecule has 1 N–H and O–H groups in total. The first-order chi connectivity index (χ1) is 12.0. The third-order valence-corrected chi connectivity index (χ3v) is 4.42. The number of carbonyl (C=O) groups is 1. The first-order valence-electron chi connectivity index (χ1n) is 8.77. The fourth-order valence-corrected chi connectivity index (χ4v) is 2.96. The SMILES string of the molecule is Cc1ccc2nc(-c3cccn3C)cc(C(=O)NCCC(C)C)c2c1. The van der Waals surface area contributed by atoms with Crippen LogP contribution in [0.25, 0.3) is 22.3 Å². The van der Waals surface area contributed by atoms with Crippen molar-refractivity contribution >= 4 is 16.8 Å². The third-order valence-electron chi connectivity index (χ3n) is 4.42. The Morgan fingerprint density at radius 3 is 2.72 bits per heavy atom. The molecule has 0 unspecified atom stereocenters. The van der Waals surface area contributed by atoms with Gasteiger partial charge in [0.2, 0.25) is 0 Å². The van der Waals surface area contributed by atoms with Crippen LogP contribution in [0.4, 0.5) is 0 Å². The van der Waals surface area contributed by atoms with Gasteiger partial charge in [0, 0.05) is 25.2 Å². The molecule has 2 heterocycles. The molecule has 1 amide bonds.